The second kappa shape index (κ2) is 11.6. The molecule has 8 heteroatoms. The van der Waals surface area contributed by atoms with E-state index in [4.69, 9.17) is 23.2 Å². The second-order valence-corrected chi connectivity index (χ2v) is 10.5. The van der Waals surface area contributed by atoms with Gasteiger partial charge in [-0.2, -0.15) is 11.8 Å². The van der Waals surface area contributed by atoms with Crippen LogP contribution in [-0.4, -0.2) is 59.9 Å². The molecule has 5 nitrogen and oxygen atoms in total. The minimum atomic E-state index is -0.509. The Morgan fingerprint density at radius 2 is 1.82 bits per heavy atom. The highest BCUT2D eigenvalue weighted by atomic mass is 35.5. The van der Waals surface area contributed by atoms with E-state index in [9.17, 15) is 9.59 Å². The number of benzene rings is 2. The van der Waals surface area contributed by atoms with Crippen LogP contribution in [0.4, 0.5) is 0 Å². The van der Waals surface area contributed by atoms with E-state index in [-0.39, 0.29) is 11.8 Å². The molecule has 3 atom stereocenters. The highest BCUT2D eigenvalue weighted by Gasteiger charge is 2.38. The number of thioether (sulfide) groups is 1. The normalized spacial score (nSPS) is 20.5. The van der Waals surface area contributed by atoms with E-state index in [2.05, 4.69) is 10.6 Å². The average Bonchev–Trinajstić information content (AvgIpc) is 3.38. The number of carbonyl (C=O) groups is 2. The van der Waals surface area contributed by atoms with Crippen molar-refractivity contribution in [1.29, 1.82) is 0 Å². The van der Waals surface area contributed by atoms with E-state index < -0.39 is 6.04 Å². The van der Waals surface area contributed by atoms with Crippen molar-refractivity contribution in [2.24, 2.45) is 0 Å². The van der Waals surface area contributed by atoms with Crippen LogP contribution in [0.2, 0.25) is 10.0 Å². The van der Waals surface area contributed by atoms with Gasteiger partial charge in [-0.25, -0.2) is 0 Å². The molecule has 2 aromatic carbocycles. The molecule has 4 rings (SSSR count). The van der Waals surface area contributed by atoms with Crippen molar-refractivity contribution in [3.63, 3.8) is 0 Å². The van der Waals surface area contributed by atoms with Crippen LogP contribution in [0.1, 0.15) is 41.1 Å². The molecular weight excluding hydrogens is 477 g/mol. The summed E-state index contributed by atoms with van der Waals surface area (Å²) in [6.07, 6.45) is 3.15. The summed E-state index contributed by atoms with van der Waals surface area (Å²) in [6, 6.07) is 14.9. The first kappa shape index (κ1) is 24.4. The van der Waals surface area contributed by atoms with Gasteiger partial charge in [0.15, 0.2) is 0 Å². The average molecular weight is 506 g/mol. The predicted molar refractivity (Wildman–Crippen MR) is 136 cm³/mol. The molecule has 0 aromatic heterocycles. The van der Waals surface area contributed by atoms with E-state index in [1.165, 1.54) is 5.56 Å². The number of hydrogen-bond acceptors (Lipinski definition) is 4. The summed E-state index contributed by atoms with van der Waals surface area (Å²) in [5.74, 6) is 1.74. The Balaban J connectivity index is 1.23. The van der Waals surface area contributed by atoms with Crippen LogP contribution < -0.4 is 10.6 Å². The van der Waals surface area contributed by atoms with Crippen LogP contribution in [0.3, 0.4) is 0 Å². The van der Waals surface area contributed by atoms with Crippen molar-refractivity contribution in [3.8, 4) is 0 Å². The topological polar surface area (TPSA) is 61.4 Å². The van der Waals surface area contributed by atoms with Crippen molar-refractivity contribution >= 4 is 46.8 Å². The van der Waals surface area contributed by atoms with Crippen molar-refractivity contribution in [1.82, 2.24) is 15.5 Å². The van der Waals surface area contributed by atoms with Crippen molar-refractivity contribution < 1.29 is 9.59 Å². The predicted octanol–water partition coefficient (Wildman–Crippen LogP) is 4.59. The maximum absolute atomic E-state index is 13.0. The van der Waals surface area contributed by atoms with Crippen LogP contribution in [0, 0.1) is 0 Å². The van der Waals surface area contributed by atoms with Gasteiger partial charge in [0, 0.05) is 48.7 Å². The number of hydrogen-bond donors (Lipinski definition) is 2. The van der Waals surface area contributed by atoms with Gasteiger partial charge in [-0.3, -0.25) is 9.59 Å². The molecule has 0 radical (unpaired) electrons. The molecule has 1 saturated heterocycles. The van der Waals surface area contributed by atoms with E-state index >= 15 is 0 Å². The van der Waals surface area contributed by atoms with E-state index in [1.807, 2.05) is 41.3 Å². The number of nitrogens with one attached hydrogen (secondary N) is 2. The van der Waals surface area contributed by atoms with Gasteiger partial charge in [0.1, 0.15) is 6.04 Å². The summed E-state index contributed by atoms with van der Waals surface area (Å²) < 4.78 is 0. The molecule has 33 heavy (non-hydrogen) atoms. The lowest BCUT2D eigenvalue weighted by molar-refractivity contribution is -0.131. The fourth-order valence-electron chi connectivity index (χ4n) is 4.21. The lowest BCUT2D eigenvalue weighted by Gasteiger charge is -2.24. The molecule has 2 amide bonds. The van der Waals surface area contributed by atoms with Gasteiger partial charge in [-0.1, -0.05) is 47.5 Å². The summed E-state index contributed by atoms with van der Waals surface area (Å²) in [5.41, 5.74) is 1.79. The van der Waals surface area contributed by atoms with Crippen LogP contribution in [0.15, 0.2) is 48.5 Å². The minimum Gasteiger partial charge on any atom is -0.341 e. The SMILES string of the molecule is O=C(NC(CSCCNC1CC1c1ccc(Cl)c(Cl)c1)C(=O)N1CCCC1)c1ccccc1. The molecule has 2 fully saturated rings. The fraction of sp³-hybridized carbons (Fsp3) is 0.440. The smallest absolute Gasteiger partial charge is 0.251 e. The molecule has 2 aromatic rings. The molecule has 1 heterocycles. The third kappa shape index (κ3) is 6.66. The van der Waals surface area contributed by atoms with Crippen LogP contribution in [0.5, 0.6) is 0 Å². The van der Waals surface area contributed by atoms with Gasteiger partial charge < -0.3 is 15.5 Å². The van der Waals surface area contributed by atoms with Gasteiger partial charge in [0.25, 0.3) is 5.91 Å². The number of rotatable bonds is 10. The quantitative estimate of drug-likeness (QED) is 0.463. The van der Waals surface area contributed by atoms with E-state index in [1.54, 1.807) is 23.9 Å². The zero-order valence-corrected chi connectivity index (χ0v) is 20.8. The molecule has 1 aliphatic carbocycles. The molecule has 176 valence electrons. The van der Waals surface area contributed by atoms with Crippen molar-refractivity contribution in [2.45, 2.75) is 37.3 Å². The highest BCUT2D eigenvalue weighted by Crippen LogP contribution is 2.42. The summed E-state index contributed by atoms with van der Waals surface area (Å²) in [7, 11) is 0. The fourth-order valence-corrected chi connectivity index (χ4v) is 5.41. The van der Waals surface area contributed by atoms with Crippen LogP contribution >= 0.6 is 35.0 Å². The molecule has 0 spiro atoms. The van der Waals surface area contributed by atoms with Gasteiger partial charge in [0.2, 0.25) is 5.91 Å². The Morgan fingerprint density at radius 3 is 2.55 bits per heavy atom. The van der Waals surface area contributed by atoms with Crippen molar-refractivity contribution in [3.05, 3.63) is 69.7 Å². The Labute approximate surface area is 209 Å². The number of carbonyl (C=O) groups excluding carboxylic acids is 2. The molecular formula is C25H29Cl2N3O2S. The largest absolute Gasteiger partial charge is 0.341 e. The zero-order valence-electron chi connectivity index (χ0n) is 18.4. The molecule has 2 N–H and O–H groups in total. The standard InChI is InChI=1S/C25H29Cl2N3O2S/c26-20-9-8-18(14-21(20)27)19-15-22(19)28-10-13-33-16-23(25(32)30-11-4-5-12-30)29-24(31)17-6-2-1-3-7-17/h1-3,6-9,14,19,22-23,28H,4-5,10-13,15-16H2,(H,29,31). The van der Waals surface area contributed by atoms with Gasteiger partial charge in [-0.15, -0.1) is 0 Å². The number of halogens is 2. The lowest BCUT2D eigenvalue weighted by Crippen LogP contribution is -2.49. The van der Waals surface area contributed by atoms with Gasteiger partial charge in [0.05, 0.1) is 10.0 Å². The van der Waals surface area contributed by atoms with Gasteiger partial charge >= 0.3 is 0 Å². The molecule has 3 unspecified atom stereocenters. The van der Waals surface area contributed by atoms with Crippen LogP contribution in [0.25, 0.3) is 0 Å². The van der Waals surface area contributed by atoms with E-state index in [0.29, 0.717) is 33.3 Å². The second-order valence-electron chi connectivity index (χ2n) is 8.58. The molecule has 2 aliphatic rings. The van der Waals surface area contributed by atoms with E-state index in [0.717, 1.165) is 44.6 Å². The summed E-state index contributed by atoms with van der Waals surface area (Å²) >= 11 is 13.8. The van der Waals surface area contributed by atoms with Crippen molar-refractivity contribution in [2.75, 3.05) is 31.1 Å². The third-order valence-corrected chi connectivity index (χ3v) is 7.96. The maximum atomic E-state index is 13.0. The highest BCUT2D eigenvalue weighted by molar-refractivity contribution is 7.99. The molecule has 1 aliphatic heterocycles. The first-order valence-corrected chi connectivity index (χ1v) is 13.3. The Bertz CT molecular complexity index is 969. The first-order chi connectivity index (χ1) is 16.0. The number of likely N-dealkylation sites (tertiary alicyclic amines) is 1. The monoisotopic (exact) mass is 505 g/mol. The third-order valence-electron chi connectivity index (χ3n) is 6.16. The Kier molecular flexibility index (Phi) is 8.58. The van der Waals surface area contributed by atoms with Crippen LogP contribution in [-0.2, 0) is 4.79 Å². The summed E-state index contributed by atoms with van der Waals surface area (Å²) in [6.45, 7) is 2.41. The maximum Gasteiger partial charge on any atom is 0.251 e. The van der Waals surface area contributed by atoms with Gasteiger partial charge in [-0.05, 0) is 49.1 Å². The Morgan fingerprint density at radius 1 is 1.06 bits per heavy atom. The lowest BCUT2D eigenvalue weighted by atomic mass is 10.1. The minimum absolute atomic E-state index is 0.0270. The summed E-state index contributed by atoms with van der Waals surface area (Å²) in [4.78, 5) is 27.5. The Hall–Kier alpha value is -1.73. The molecule has 1 saturated carbocycles. The first-order valence-electron chi connectivity index (χ1n) is 11.4. The summed E-state index contributed by atoms with van der Waals surface area (Å²) in [5, 5.41) is 7.73. The zero-order chi connectivity index (χ0) is 23.2. The number of amides is 2. The molecule has 0 bridgehead atoms. The number of nitrogens with zero attached hydrogens (tertiary/aromatic N) is 1.